The third-order valence-electron chi connectivity index (χ3n) is 4.66. The van der Waals surface area contributed by atoms with Crippen molar-refractivity contribution < 1.29 is 14.3 Å². The van der Waals surface area contributed by atoms with Crippen LogP contribution in [0.15, 0.2) is 54.6 Å². The van der Waals surface area contributed by atoms with Gasteiger partial charge in [0.1, 0.15) is 19.2 Å². The van der Waals surface area contributed by atoms with Crippen molar-refractivity contribution in [2.75, 3.05) is 31.7 Å². The van der Waals surface area contributed by atoms with E-state index in [2.05, 4.69) is 6.07 Å². The fraction of sp³-hybridized carbons (Fsp3) is 0.286. The first-order chi connectivity index (χ1) is 13.1. The summed E-state index contributed by atoms with van der Waals surface area (Å²) in [6.07, 6.45) is 0.620. The third-order valence-corrected chi connectivity index (χ3v) is 4.66. The third kappa shape index (κ3) is 4.15. The minimum atomic E-state index is -0.208. The molecule has 1 heterocycles. The van der Waals surface area contributed by atoms with E-state index < -0.39 is 0 Å². The average molecular weight is 363 g/mol. The normalized spacial score (nSPS) is 16.9. The van der Waals surface area contributed by atoms with Crippen LogP contribution in [0.25, 0.3) is 0 Å². The Hall–Kier alpha value is -3.17. The van der Waals surface area contributed by atoms with Crippen LogP contribution in [0.4, 0.5) is 5.69 Å². The fourth-order valence-corrected chi connectivity index (χ4v) is 3.37. The van der Waals surface area contributed by atoms with Gasteiger partial charge in [0, 0.05) is 13.7 Å². The lowest BCUT2D eigenvalue weighted by atomic mass is 10.0. The predicted octanol–water partition coefficient (Wildman–Crippen LogP) is 1.99. The number of methoxy groups -OCH3 is 1. The lowest BCUT2D eigenvalue weighted by molar-refractivity contribution is -0.142. The van der Waals surface area contributed by atoms with Crippen LogP contribution < -0.4 is 4.90 Å². The summed E-state index contributed by atoms with van der Waals surface area (Å²) in [4.78, 5) is 28.5. The van der Waals surface area contributed by atoms with Gasteiger partial charge in [0.2, 0.25) is 11.8 Å². The van der Waals surface area contributed by atoms with Crippen LogP contribution >= 0.6 is 0 Å². The Kier molecular flexibility index (Phi) is 5.84. The monoisotopic (exact) mass is 363 g/mol. The van der Waals surface area contributed by atoms with Crippen LogP contribution in [0.1, 0.15) is 11.1 Å². The summed E-state index contributed by atoms with van der Waals surface area (Å²) in [7, 11) is 1.46. The maximum atomic E-state index is 12.8. The van der Waals surface area contributed by atoms with Crippen molar-refractivity contribution in [2.24, 2.45) is 0 Å². The minimum absolute atomic E-state index is 0.0283. The average Bonchev–Trinajstić information content (AvgIpc) is 2.70. The summed E-state index contributed by atoms with van der Waals surface area (Å²) >= 11 is 0. The first-order valence-corrected chi connectivity index (χ1v) is 8.76. The molecule has 0 radical (unpaired) electrons. The fourth-order valence-electron chi connectivity index (χ4n) is 3.37. The largest absolute Gasteiger partial charge is 0.375 e. The highest BCUT2D eigenvalue weighted by Gasteiger charge is 2.36. The second-order valence-electron chi connectivity index (χ2n) is 6.43. The van der Waals surface area contributed by atoms with E-state index in [-0.39, 0.29) is 31.0 Å². The highest BCUT2D eigenvalue weighted by atomic mass is 16.5. The molecule has 0 bridgehead atoms. The highest BCUT2D eigenvalue weighted by Crippen LogP contribution is 2.25. The molecule has 1 unspecified atom stereocenters. The van der Waals surface area contributed by atoms with E-state index in [9.17, 15) is 14.9 Å². The molecule has 27 heavy (non-hydrogen) atoms. The topological polar surface area (TPSA) is 73.6 Å². The van der Waals surface area contributed by atoms with Crippen LogP contribution in [0, 0.1) is 11.3 Å². The van der Waals surface area contributed by atoms with Crippen molar-refractivity contribution in [3.63, 3.8) is 0 Å². The van der Waals surface area contributed by atoms with Crippen LogP contribution in [0.3, 0.4) is 0 Å². The Morgan fingerprint density at radius 3 is 2.59 bits per heavy atom. The molecule has 0 N–H and O–H groups in total. The molecule has 0 aromatic heterocycles. The number of ether oxygens (including phenoxy) is 1. The number of carbonyl (C=O) groups excluding carboxylic acids is 2. The molecule has 0 saturated carbocycles. The molecule has 6 heteroatoms. The Morgan fingerprint density at radius 1 is 1.19 bits per heavy atom. The maximum absolute atomic E-state index is 12.8. The number of para-hydroxylation sites is 1. The zero-order chi connectivity index (χ0) is 19.2. The second kappa shape index (κ2) is 8.47. The molecular weight excluding hydrogens is 342 g/mol. The zero-order valence-corrected chi connectivity index (χ0v) is 15.2. The van der Waals surface area contributed by atoms with Gasteiger partial charge in [-0.15, -0.1) is 0 Å². The van der Waals surface area contributed by atoms with Crippen LogP contribution in [0.2, 0.25) is 0 Å². The van der Waals surface area contributed by atoms with Gasteiger partial charge < -0.3 is 14.5 Å². The Morgan fingerprint density at radius 2 is 1.89 bits per heavy atom. The number of piperazine rings is 1. The number of rotatable bonds is 5. The van der Waals surface area contributed by atoms with Crippen LogP contribution in [0.5, 0.6) is 0 Å². The summed E-state index contributed by atoms with van der Waals surface area (Å²) in [5.74, 6) is -0.411. The molecule has 138 valence electrons. The number of amides is 2. The molecule has 0 spiro atoms. The first kappa shape index (κ1) is 18.6. The van der Waals surface area contributed by atoms with Gasteiger partial charge >= 0.3 is 0 Å². The van der Waals surface area contributed by atoms with Crippen molar-refractivity contribution in [1.82, 2.24) is 4.90 Å². The summed E-state index contributed by atoms with van der Waals surface area (Å²) in [5, 5.41) is 9.38. The molecule has 1 fully saturated rings. The number of nitrogens with zero attached hydrogens (tertiary/aromatic N) is 3. The summed E-state index contributed by atoms with van der Waals surface area (Å²) < 4.78 is 4.98. The van der Waals surface area contributed by atoms with Crippen molar-refractivity contribution in [3.8, 4) is 6.07 Å². The Labute approximate surface area is 158 Å². The van der Waals surface area contributed by atoms with Gasteiger partial charge in [0.05, 0.1) is 17.3 Å². The van der Waals surface area contributed by atoms with Gasteiger partial charge in [0.25, 0.3) is 0 Å². The van der Waals surface area contributed by atoms with Crippen molar-refractivity contribution >= 4 is 17.5 Å². The molecule has 6 nitrogen and oxygen atoms in total. The van der Waals surface area contributed by atoms with Crippen molar-refractivity contribution in [2.45, 2.75) is 12.5 Å². The van der Waals surface area contributed by atoms with Crippen LogP contribution in [-0.4, -0.2) is 49.6 Å². The van der Waals surface area contributed by atoms with Gasteiger partial charge in [-0.3, -0.25) is 9.59 Å². The predicted molar refractivity (Wildman–Crippen MR) is 101 cm³/mol. The quantitative estimate of drug-likeness (QED) is 0.814. The van der Waals surface area contributed by atoms with Gasteiger partial charge in [-0.05, 0) is 24.1 Å². The van der Waals surface area contributed by atoms with Gasteiger partial charge in [-0.1, -0.05) is 42.5 Å². The minimum Gasteiger partial charge on any atom is -0.375 e. The second-order valence-corrected chi connectivity index (χ2v) is 6.43. The zero-order valence-electron chi connectivity index (χ0n) is 15.2. The summed E-state index contributed by atoms with van der Waals surface area (Å²) in [6, 6.07) is 18.8. The Balaban J connectivity index is 1.91. The van der Waals surface area contributed by atoms with E-state index in [1.807, 2.05) is 30.3 Å². The number of nitriles is 1. The Bertz CT molecular complexity index is 860. The number of anilines is 1. The lowest BCUT2D eigenvalue weighted by Gasteiger charge is -2.41. The van der Waals surface area contributed by atoms with E-state index in [4.69, 9.17) is 4.74 Å². The number of hydrogen-bond acceptors (Lipinski definition) is 4. The molecule has 2 aromatic rings. The molecular formula is C21H21N3O3. The number of hydrogen-bond donors (Lipinski definition) is 0. The van der Waals surface area contributed by atoms with E-state index in [0.717, 1.165) is 5.56 Å². The van der Waals surface area contributed by atoms with Crippen LogP contribution in [-0.2, 0) is 20.7 Å². The summed E-state index contributed by atoms with van der Waals surface area (Å²) in [6.45, 7) is 0.245. The molecule has 0 aliphatic carbocycles. The van der Waals surface area contributed by atoms with E-state index in [1.165, 1.54) is 7.11 Å². The van der Waals surface area contributed by atoms with Crippen molar-refractivity contribution in [3.05, 3.63) is 65.7 Å². The lowest BCUT2D eigenvalue weighted by Crippen LogP contribution is -2.59. The summed E-state index contributed by atoms with van der Waals surface area (Å²) in [5.41, 5.74) is 2.11. The maximum Gasteiger partial charge on any atom is 0.249 e. The molecule has 1 saturated heterocycles. The molecule has 1 aliphatic heterocycles. The molecule has 2 amide bonds. The highest BCUT2D eigenvalue weighted by molar-refractivity contribution is 5.99. The van der Waals surface area contributed by atoms with E-state index in [1.54, 1.807) is 34.1 Å². The smallest absolute Gasteiger partial charge is 0.249 e. The number of benzene rings is 2. The molecule has 1 atom stereocenters. The van der Waals surface area contributed by atoms with Gasteiger partial charge in [-0.25, -0.2) is 0 Å². The molecule has 1 aliphatic rings. The molecule has 2 aromatic carbocycles. The first-order valence-electron chi connectivity index (χ1n) is 8.76. The van der Waals surface area contributed by atoms with E-state index >= 15 is 0 Å². The molecule has 3 rings (SSSR count). The van der Waals surface area contributed by atoms with Crippen molar-refractivity contribution in [1.29, 1.82) is 5.26 Å². The standard InChI is InChI=1S/C21H21N3O3/c1-27-15-21(26)23-14-20(25)24(19-10-6-5-9-17(19)12-22)13-18(23)11-16-7-3-2-4-8-16/h2-10,18H,11,13-15H2,1H3. The van der Waals surface area contributed by atoms with E-state index in [0.29, 0.717) is 24.2 Å². The van der Waals surface area contributed by atoms with Gasteiger partial charge in [-0.2, -0.15) is 5.26 Å². The number of carbonyl (C=O) groups is 2. The SMILES string of the molecule is COCC(=O)N1CC(=O)N(c2ccccc2C#N)CC1Cc1ccccc1. The van der Waals surface area contributed by atoms with Gasteiger partial charge in [0.15, 0.2) is 0 Å².